The van der Waals surface area contributed by atoms with Crippen molar-refractivity contribution in [2.24, 2.45) is 0 Å². The van der Waals surface area contributed by atoms with Crippen LogP contribution >= 0.6 is 11.6 Å². The number of benzene rings is 2. The summed E-state index contributed by atoms with van der Waals surface area (Å²) in [5.41, 5.74) is 1.43. The summed E-state index contributed by atoms with van der Waals surface area (Å²) in [6, 6.07) is 13.2. The molecule has 2 aromatic rings. The molecule has 0 aliphatic heterocycles. The number of aryl methyl sites for hydroxylation is 1. The molecule has 7 heteroatoms. The zero-order valence-corrected chi connectivity index (χ0v) is 15.1. The summed E-state index contributed by atoms with van der Waals surface area (Å²) in [5.74, 6) is -0.293. The fourth-order valence-corrected chi connectivity index (χ4v) is 3.43. The van der Waals surface area contributed by atoms with Crippen LogP contribution < -0.4 is 5.32 Å². The van der Waals surface area contributed by atoms with E-state index in [1.807, 2.05) is 6.92 Å². The number of sulfonamides is 1. The van der Waals surface area contributed by atoms with Crippen LogP contribution in [0.2, 0.25) is 5.02 Å². The van der Waals surface area contributed by atoms with Gasteiger partial charge in [-0.25, -0.2) is 8.42 Å². The number of nitrogens with one attached hydrogen (secondary N) is 1. The Morgan fingerprint density at radius 2 is 1.83 bits per heavy atom. The van der Waals surface area contributed by atoms with Crippen LogP contribution in [0.5, 0.6) is 0 Å². The van der Waals surface area contributed by atoms with Crippen LogP contribution in [0.4, 0.5) is 0 Å². The average Bonchev–Trinajstić information content (AvgIpc) is 2.55. The van der Waals surface area contributed by atoms with Crippen LogP contribution in [0.25, 0.3) is 0 Å². The number of nitrogens with zero attached hydrogens (tertiary/aromatic N) is 1. The molecule has 128 valence electrons. The molecular formula is C17H19ClN2O3S. The van der Waals surface area contributed by atoms with Crippen LogP contribution in [0.15, 0.2) is 53.4 Å². The van der Waals surface area contributed by atoms with Gasteiger partial charge in [-0.15, -0.1) is 0 Å². The van der Waals surface area contributed by atoms with Crippen molar-refractivity contribution in [2.45, 2.75) is 11.8 Å². The lowest BCUT2D eigenvalue weighted by Gasteiger charge is -2.17. The lowest BCUT2D eigenvalue weighted by atomic mass is 10.2. The number of likely N-dealkylation sites (N-methyl/N-ethyl adjacent to an activating group) is 1. The highest BCUT2D eigenvalue weighted by Gasteiger charge is 2.20. The number of rotatable bonds is 6. The standard InChI is InChI=1S/C17H19ClN2O3S/c1-13-6-8-16(9-7-13)24(22,23)20(2)11-10-19-17(21)14-4-3-5-15(18)12-14/h3-9,12H,10-11H2,1-2H3,(H,19,21). The lowest BCUT2D eigenvalue weighted by molar-refractivity contribution is 0.0952. The predicted molar refractivity (Wildman–Crippen MR) is 94.8 cm³/mol. The minimum Gasteiger partial charge on any atom is -0.351 e. The third-order valence-electron chi connectivity index (χ3n) is 3.53. The number of amides is 1. The first kappa shape index (κ1) is 18.4. The van der Waals surface area contributed by atoms with E-state index in [1.54, 1.807) is 48.5 Å². The van der Waals surface area contributed by atoms with E-state index in [4.69, 9.17) is 11.6 Å². The average molecular weight is 367 g/mol. The molecule has 0 aliphatic carbocycles. The molecule has 0 fully saturated rings. The molecule has 0 heterocycles. The molecule has 0 bridgehead atoms. The van der Waals surface area contributed by atoms with Crippen LogP contribution in [-0.2, 0) is 10.0 Å². The maximum absolute atomic E-state index is 12.4. The summed E-state index contributed by atoms with van der Waals surface area (Å²) in [5, 5.41) is 3.16. The van der Waals surface area contributed by atoms with Crippen LogP contribution in [0, 0.1) is 6.92 Å². The molecule has 1 amide bonds. The third-order valence-corrected chi connectivity index (χ3v) is 5.63. The number of hydrogen-bond donors (Lipinski definition) is 1. The second-order valence-corrected chi connectivity index (χ2v) is 7.89. The Bertz CT molecular complexity index is 820. The van der Waals surface area contributed by atoms with E-state index >= 15 is 0 Å². The van der Waals surface area contributed by atoms with Gasteiger partial charge in [0.05, 0.1) is 4.90 Å². The van der Waals surface area contributed by atoms with Crippen molar-refractivity contribution in [1.82, 2.24) is 9.62 Å². The Morgan fingerprint density at radius 3 is 2.46 bits per heavy atom. The molecule has 0 atom stereocenters. The minimum absolute atomic E-state index is 0.169. The van der Waals surface area contributed by atoms with Crippen molar-refractivity contribution >= 4 is 27.5 Å². The van der Waals surface area contributed by atoms with E-state index in [1.165, 1.54) is 11.4 Å². The van der Waals surface area contributed by atoms with E-state index < -0.39 is 10.0 Å². The monoisotopic (exact) mass is 366 g/mol. The molecule has 0 saturated carbocycles. The van der Waals surface area contributed by atoms with Crippen molar-refractivity contribution < 1.29 is 13.2 Å². The molecule has 1 N–H and O–H groups in total. The summed E-state index contributed by atoms with van der Waals surface area (Å²) >= 11 is 5.84. The van der Waals surface area contributed by atoms with Crippen molar-refractivity contribution in [3.05, 3.63) is 64.7 Å². The van der Waals surface area contributed by atoms with Crippen LogP contribution in [0.1, 0.15) is 15.9 Å². The van der Waals surface area contributed by atoms with Gasteiger partial charge in [0, 0.05) is 30.7 Å². The molecule has 0 unspecified atom stereocenters. The maximum atomic E-state index is 12.4. The molecule has 2 rings (SSSR count). The summed E-state index contributed by atoms with van der Waals surface area (Å²) in [7, 11) is -2.08. The summed E-state index contributed by atoms with van der Waals surface area (Å²) in [6.07, 6.45) is 0. The molecule has 0 aliphatic rings. The van der Waals surface area contributed by atoms with Crippen molar-refractivity contribution in [1.29, 1.82) is 0 Å². The van der Waals surface area contributed by atoms with Crippen LogP contribution in [0.3, 0.4) is 0 Å². The molecule has 0 radical (unpaired) electrons. The van der Waals surface area contributed by atoms with Gasteiger partial charge in [0.1, 0.15) is 0 Å². The fourth-order valence-electron chi connectivity index (χ4n) is 2.07. The number of carbonyl (C=O) groups is 1. The summed E-state index contributed by atoms with van der Waals surface area (Å²) < 4.78 is 26.1. The van der Waals surface area contributed by atoms with Gasteiger partial charge in [-0.1, -0.05) is 35.4 Å². The maximum Gasteiger partial charge on any atom is 0.251 e. The Labute approximate surface area is 147 Å². The Hall–Kier alpha value is -1.89. The lowest BCUT2D eigenvalue weighted by Crippen LogP contribution is -2.36. The van der Waals surface area contributed by atoms with Gasteiger partial charge in [-0.2, -0.15) is 4.31 Å². The van der Waals surface area contributed by atoms with E-state index in [0.717, 1.165) is 5.56 Å². The fraction of sp³-hybridized carbons (Fsp3) is 0.235. The van der Waals surface area contributed by atoms with Gasteiger partial charge in [0.2, 0.25) is 10.0 Å². The van der Waals surface area contributed by atoms with Gasteiger partial charge in [0.25, 0.3) is 5.91 Å². The smallest absolute Gasteiger partial charge is 0.251 e. The molecular weight excluding hydrogens is 348 g/mol. The third kappa shape index (κ3) is 4.56. The first-order chi connectivity index (χ1) is 11.3. The van der Waals surface area contributed by atoms with E-state index in [0.29, 0.717) is 10.6 Å². The quantitative estimate of drug-likeness (QED) is 0.854. The highest BCUT2D eigenvalue weighted by Crippen LogP contribution is 2.14. The van der Waals surface area contributed by atoms with Gasteiger partial charge in [-0.3, -0.25) is 4.79 Å². The Kier molecular flexibility index (Phi) is 5.99. The molecule has 0 aromatic heterocycles. The highest BCUT2D eigenvalue weighted by molar-refractivity contribution is 7.89. The van der Waals surface area contributed by atoms with Gasteiger partial charge in [-0.05, 0) is 37.3 Å². The SMILES string of the molecule is Cc1ccc(S(=O)(=O)N(C)CCNC(=O)c2cccc(Cl)c2)cc1. The molecule has 0 saturated heterocycles. The van der Waals surface area contributed by atoms with Gasteiger partial charge in [0.15, 0.2) is 0 Å². The van der Waals surface area contributed by atoms with Crippen molar-refractivity contribution in [2.75, 3.05) is 20.1 Å². The largest absolute Gasteiger partial charge is 0.351 e. The van der Waals surface area contributed by atoms with Crippen LogP contribution in [-0.4, -0.2) is 38.8 Å². The predicted octanol–water partition coefficient (Wildman–Crippen LogP) is 2.70. The van der Waals surface area contributed by atoms with Gasteiger partial charge >= 0.3 is 0 Å². The van der Waals surface area contributed by atoms with E-state index in [-0.39, 0.29) is 23.9 Å². The second-order valence-electron chi connectivity index (χ2n) is 5.41. The summed E-state index contributed by atoms with van der Waals surface area (Å²) in [4.78, 5) is 12.2. The highest BCUT2D eigenvalue weighted by atomic mass is 35.5. The van der Waals surface area contributed by atoms with Crippen molar-refractivity contribution in [3.63, 3.8) is 0 Å². The molecule has 5 nitrogen and oxygen atoms in total. The first-order valence-electron chi connectivity index (χ1n) is 7.37. The van der Waals surface area contributed by atoms with E-state index in [2.05, 4.69) is 5.32 Å². The Balaban J connectivity index is 1.94. The number of halogens is 1. The first-order valence-corrected chi connectivity index (χ1v) is 9.19. The van der Waals surface area contributed by atoms with E-state index in [9.17, 15) is 13.2 Å². The topological polar surface area (TPSA) is 66.5 Å². The number of carbonyl (C=O) groups excluding carboxylic acids is 1. The normalized spacial score (nSPS) is 11.5. The van der Waals surface area contributed by atoms with Crippen molar-refractivity contribution in [3.8, 4) is 0 Å². The Morgan fingerprint density at radius 1 is 1.17 bits per heavy atom. The zero-order chi connectivity index (χ0) is 17.7. The second kappa shape index (κ2) is 7.79. The van der Waals surface area contributed by atoms with Gasteiger partial charge < -0.3 is 5.32 Å². The summed E-state index contributed by atoms with van der Waals surface area (Å²) in [6.45, 7) is 2.26. The molecule has 0 spiro atoms. The minimum atomic E-state index is -3.56. The molecule has 2 aromatic carbocycles. The number of hydrogen-bond acceptors (Lipinski definition) is 3. The zero-order valence-electron chi connectivity index (χ0n) is 13.5. The molecule has 24 heavy (non-hydrogen) atoms.